The Morgan fingerprint density at radius 1 is 1.15 bits per heavy atom. The van der Waals surface area contributed by atoms with Crippen molar-refractivity contribution in [3.05, 3.63) is 53.6 Å². The first-order valence-electron chi connectivity index (χ1n) is 12.8. The van der Waals surface area contributed by atoms with Crippen molar-refractivity contribution in [2.45, 2.75) is 26.3 Å². The first-order chi connectivity index (χ1) is 18.6. The first-order valence-corrected chi connectivity index (χ1v) is 15.0. The smallest absolute Gasteiger partial charge is 0.208 e. The monoisotopic (exact) mass is 569 g/mol. The molecule has 39 heavy (non-hydrogen) atoms. The van der Waals surface area contributed by atoms with Crippen LogP contribution in [0.3, 0.4) is 0 Å². The number of hydrogen-bond acceptors (Lipinski definition) is 9. The molecule has 1 aromatic carbocycles. The van der Waals surface area contributed by atoms with E-state index < -0.39 is 10.0 Å². The summed E-state index contributed by atoms with van der Waals surface area (Å²) in [5.74, 6) is 2.29. The highest BCUT2D eigenvalue weighted by molar-refractivity contribution is 7.88. The second-order valence-corrected chi connectivity index (χ2v) is 12.3. The number of anilines is 3. The molecule has 11 nitrogen and oxygen atoms in total. The Labute approximate surface area is 232 Å². The molecule has 4 heterocycles. The summed E-state index contributed by atoms with van der Waals surface area (Å²) in [6.45, 7) is 7.36. The van der Waals surface area contributed by atoms with Crippen LogP contribution in [0.5, 0.6) is 0 Å². The first kappa shape index (κ1) is 27.3. The van der Waals surface area contributed by atoms with Gasteiger partial charge in [-0.15, -0.1) is 0 Å². The number of nitrogens with one attached hydrogen (secondary N) is 2. The fourth-order valence-corrected chi connectivity index (χ4v) is 5.51. The fourth-order valence-electron chi connectivity index (χ4n) is 4.74. The van der Waals surface area contributed by atoms with Gasteiger partial charge in [-0.1, -0.05) is 31.5 Å². The van der Waals surface area contributed by atoms with Crippen LogP contribution in [0.4, 0.5) is 17.3 Å². The molecule has 206 valence electrons. The average molecular weight is 570 g/mol. The van der Waals surface area contributed by atoms with Crippen molar-refractivity contribution in [3.63, 3.8) is 0 Å². The summed E-state index contributed by atoms with van der Waals surface area (Å²) in [5.41, 5.74) is 8.58. The summed E-state index contributed by atoms with van der Waals surface area (Å²) >= 11 is 6.32. The predicted molar refractivity (Wildman–Crippen MR) is 155 cm³/mol. The summed E-state index contributed by atoms with van der Waals surface area (Å²) < 4.78 is 27.2. The molecular formula is C26H32ClN9O2S. The van der Waals surface area contributed by atoms with E-state index in [0.29, 0.717) is 53.7 Å². The Morgan fingerprint density at radius 2 is 1.95 bits per heavy atom. The zero-order valence-electron chi connectivity index (χ0n) is 22.1. The number of sulfonamides is 1. The highest BCUT2D eigenvalue weighted by Gasteiger charge is 2.29. The van der Waals surface area contributed by atoms with E-state index in [0.717, 1.165) is 29.5 Å². The summed E-state index contributed by atoms with van der Waals surface area (Å²) in [4.78, 5) is 16.0. The molecule has 0 aliphatic carbocycles. The molecule has 3 aromatic heterocycles. The van der Waals surface area contributed by atoms with Crippen LogP contribution < -0.4 is 20.7 Å². The zero-order valence-corrected chi connectivity index (χ0v) is 23.7. The average Bonchev–Trinajstić information content (AvgIpc) is 3.22. The Balaban J connectivity index is 1.39. The molecule has 13 heteroatoms. The molecule has 0 spiro atoms. The van der Waals surface area contributed by atoms with Crippen molar-refractivity contribution in [3.8, 4) is 11.4 Å². The second kappa shape index (κ2) is 11.0. The van der Waals surface area contributed by atoms with Gasteiger partial charge in [0.25, 0.3) is 0 Å². The van der Waals surface area contributed by atoms with E-state index >= 15 is 0 Å². The minimum atomic E-state index is -3.19. The van der Waals surface area contributed by atoms with Crippen molar-refractivity contribution in [1.29, 1.82) is 0 Å². The molecule has 5 rings (SSSR count). The number of halogens is 1. The maximum absolute atomic E-state index is 11.4. The zero-order chi connectivity index (χ0) is 27.7. The van der Waals surface area contributed by atoms with Crippen molar-refractivity contribution in [2.24, 2.45) is 11.7 Å². The lowest BCUT2D eigenvalue weighted by molar-refractivity contribution is 0.407. The maximum atomic E-state index is 11.4. The summed E-state index contributed by atoms with van der Waals surface area (Å²) in [5, 5.41) is 10.1. The standard InChI is InChI=1S/C26H32ClN9O2S/c1-16(2)18-4-5-22(35-13-17(14-35)11-31-39(3,37)38)20-12-30-24(10-19(18)20)32-23-6-8-29-26(33-23)21-15-36(9-7-28)34-25(21)27/h4-6,8,10,12,15-17,31H,7,9,11,13-14,28H2,1-3H3,(H,29,30,32,33). The van der Waals surface area contributed by atoms with E-state index in [1.165, 1.54) is 11.8 Å². The van der Waals surface area contributed by atoms with Crippen LogP contribution in [0, 0.1) is 5.92 Å². The number of fused-ring (bicyclic) bond motifs is 1. The predicted octanol–water partition coefficient (Wildman–Crippen LogP) is 3.35. The number of rotatable bonds is 10. The van der Waals surface area contributed by atoms with Gasteiger partial charge in [-0.05, 0) is 35.1 Å². The van der Waals surface area contributed by atoms with Gasteiger partial charge in [-0.25, -0.2) is 28.1 Å². The number of pyridine rings is 1. The lowest BCUT2D eigenvalue weighted by Crippen LogP contribution is -2.51. The third kappa shape index (κ3) is 6.14. The van der Waals surface area contributed by atoms with E-state index in [2.05, 4.69) is 56.0 Å². The van der Waals surface area contributed by atoms with Gasteiger partial charge >= 0.3 is 0 Å². The molecule has 0 radical (unpaired) electrons. The lowest BCUT2D eigenvalue weighted by atomic mass is 9.93. The van der Waals surface area contributed by atoms with Gasteiger partial charge in [-0.3, -0.25) is 4.68 Å². The Kier molecular flexibility index (Phi) is 7.72. The van der Waals surface area contributed by atoms with E-state index in [1.54, 1.807) is 23.1 Å². The van der Waals surface area contributed by atoms with Gasteiger partial charge in [0, 0.05) is 61.8 Å². The second-order valence-electron chi connectivity index (χ2n) is 10.1. The molecule has 0 amide bonds. The number of nitrogens with zero attached hydrogens (tertiary/aromatic N) is 6. The van der Waals surface area contributed by atoms with Crippen LogP contribution in [0.15, 0.2) is 42.9 Å². The molecule has 1 aliphatic heterocycles. The Hall–Kier alpha value is -3.32. The molecule has 0 saturated carbocycles. The van der Waals surface area contributed by atoms with Crippen LogP contribution >= 0.6 is 11.6 Å². The van der Waals surface area contributed by atoms with Crippen LogP contribution in [0.1, 0.15) is 25.3 Å². The van der Waals surface area contributed by atoms with Gasteiger partial charge in [0.2, 0.25) is 10.0 Å². The maximum Gasteiger partial charge on any atom is 0.208 e. The van der Waals surface area contributed by atoms with Gasteiger partial charge in [-0.2, -0.15) is 5.10 Å². The highest BCUT2D eigenvalue weighted by Crippen LogP contribution is 2.37. The Morgan fingerprint density at radius 3 is 2.67 bits per heavy atom. The third-order valence-electron chi connectivity index (χ3n) is 6.69. The van der Waals surface area contributed by atoms with Gasteiger partial charge in [0.05, 0.1) is 18.4 Å². The normalized spacial score (nSPS) is 14.3. The molecule has 1 fully saturated rings. The van der Waals surface area contributed by atoms with E-state index in [9.17, 15) is 8.42 Å². The van der Waals surface area contributed by atoms with Gasteiger partial charge in [0.15, 0.2) is 11.0 Å². The molecular weight excluding hydrogens is 538 g/mol. The highest BCUT2D eigenvalue weighted by atomic mass is 35.5. The van der Waals surface area contributed by atoms with Crippen LogP contribution in [-0.2, 0) is 16.6 Å². The fraction of sp³-hybridized carbons (Fsp3) is 0.385. The molecule has 0 atom stereocenters. The molecule has 1 aliphatic rings. The van der Waals surface area contributed by atoms with Crippen LogP contribution in [0.2, 0.25) is 5.15 Å². The SMILES string of the molecule is CC(C)c1ccc(N2CC(CNS(C)(=O)=O)C2)c2cnc(Nc3ccnc(-c4cn(CCN)nc4Cl)n3)cc12. The van der Waals surface area contributed by atoms with E-state index in [1.807, 2.05) is 12.3 Å². The number of benzene rings is 1. The number of aromatic nitrogens is 5. The Bertz CT molecular complexity index is 1600. The quantitative estimate of drug-likeness (QED) is 0.262. The van der Waals surface area contributed by atoms with Crippen molar-refractivity contribution in [2.75, 3.05) is 42.7 Å². The summed E-state index contributed by atoms with van der Waals surface area (Å²) in [6.07, 6.45) is 6.53. The minimum Gasteiger partial charge on any atom is -0.370 e. The third-order valence-corrected chi connectivity index (χ3v) is 7.66. The van der Waals surface area contributed by atoms with Crippen molar-refractivity contribution < 1.29 is 8.42 Å². The summed E-state index contributed by atoms with van der Waals surface area (Å²) in [6, 6.07) is 8.12. The lowest BCUT2D eigenvalue weighted by Gasteiger charge is -2.41. The van der Waals surface area contributed by atoms with Gasteiger partial charge in [0.1, 0.15) is 11.6 Å². The minimum absolute atomic E-state index is 0.274. The van der Waals surface area contributed by atoms with Gasteiger partial charge < -0.3 is 16.0 Å². The number of nitrogens with two attached hydrogens (primary N) is 1. The topological polar surface area (TPSA) is 144 Å². The van der Waals surface area contributed by atoms with Crippen molar-refractivity contribution in [1.82, 2.24) is 29.5 Å². The largest absolute Gasteiger partial charge is 0.370 e. The summed E-state index contributed by atoms with van der Waals surface area (Å²) in [7, 11) is -3.19. The molecule has 4 aromatic rings. The van der Waals surface area contributed by atoms with E-state index in [4.69, 9.17) is 22.3 Å². The van der Waals surface area contributed by atoms with E-state index in [-0.39, 0.29) is 5.92 Å². The van der Waals surface area contributed by atoms with Crippen molar-refractivity contribution >= 4 is 49.7 Å². The molecule has 0 bridgehead atoms. The molecule has 1 saturated heterocycles. The van der Waals surface area contributed by atoms with Crippen LogP contribution in [0.25, 0.3) is 22.2 Å². The van der Waals surface area contributed by atoms with Crippen LogP contribution in [-0.4, -0.2) is 65.6 Å². The number of hydrogen-bond donors (Lipinski definition) is 3. The molecule has 4 N–H and O–H groups in total. The molecule has 0 unspecified atom stereocenters.